The van der Waals surface area contributed by atoms with Gasteiger partial charge < -0.3 is 5.32 Å². The van der Waals surface area contributed by atoms with E-state index < -0.39 is 0 Å². The summed E-state index contributed by atoms with van der Waals surface area (Å²) in [6.45, 7) is 8.13. The molecule has 2 heterocycles. The van der Waals surface area contributed by atoms with Crippen LogP contribution in [-0.4, -0.2) is 29.6 Å². The minimum atomic E-state index is -0.263. The predicted octanol–water partition coefficient (Wildman–Crippen LogP) is 2.66. The van der Waals surface area contributed by atoms with E-state index in [1.165, 1.54) is 11.7 Å². The Bertz CT molecular complexity index is 898. The molecule has 24 heavy (non-hydrogen) atoms. The molecule has 3 aromatic rings. The maximum Gasteiger partial charge on any atom is 0.278 e. The Balaban J connectivity index is 1.81. The van der Waals surface area contributed by atoms with Gasteiger partial charge in [0.25, 0.3) is 5.91 Å². The van der Waals surface area contributed by atoms with Crippen LogP contribution >= 0.6 is 11.7 Å². The number of amides is 1. The number of aromatic nitrogens is 5. The summed E-state index contributed by atoms with van der Waals surface area (Å²) in [6, 6.07) is 5.93. The first-order valence-corrected chi connectivity index (χ1v) is 8.25. The van der Waals surface area contributed by atoms with E-state index in [1.807, 2.05) is 45.9 Å². The molecule has 0 unspecified atom stereocenters. The summed E-state index contributed by atoms with van der Waals surface area (Å²) in [5.74, 6) is -0.263. The van der Waals surface area contributed by atoms with Crippen molar-refractivity contribution in [2.45, 2.75) is 34.2 Å². The van der Waals surface area contributed by atoms with Crippen LogP contribution in [0.2, 0.25) is 0 Å². The van der Waals surface area contributed by atoms with Crippen LogP contribution in [0.25, 0.3) is 0 Å². The lowest BCUT2D eigenvalue weighted by atomic mass is 10.1. The molecule has 0 spiro atoms. The van der Waals surface area contributed by atoms with Crippen molar-refractivity contribution in [2.75, 3.05) is 5.32 Å². The number of anilines is 1. The number of rotatable bonds is 4. The number of carbonyl (C=O) groups excluding carboxylic acids is 1. The Hall–Kier alpha value is -2.61. The quantitative estimate of drug-likeness (QED) is 0.788. The molecule has 0 aliphatic heterocycles. The fourth-order valence-electron chi connectivity index (χ4n) is 2.31. The molecule has 7 nitrogen and oxygen atoms in total. The van der Waals surface area contributed by atoms with Crippen molar-refractivity contribution in [3.05, 3.63) is 52.1 Å². The molecule has 0 atom stereocenters. The van der Waals surface area contributed by atoms with Gasteiger partial charge in [-0.2, -0.15) is 8.75 Å². The molecule has 8 heteroatoms. The number of hydrogen-bond donors (Lipinski definition) is 1. The summed E-state index contributed by atoms with van der Waals surface area (Å²) >= 11 is 1.17. The van der Waals surface area contributed by atoms with Gasteiger partial charge in [-0.25, -0.2) is 4.68 Å². The average Bonchev–Trinajstić information content (AvgIpc) is 3.10. The average molecular weight is 342 g/mol. The standard InChI is InChI=1S/C16H18N6OS/c1-9-5-6-10(2)13(7-9)17-16(23)15-12(4)22(21-18-15)8-14-11(3)19-24-20-14/h5-7H,8H2,1-4H3,(H,17,23). The molecule has 0 radical (unpaired) electrons. The van der Waals surface area contributed by atoms with Crippen molar-refractivity contribution >= 4 is 23.3 Å². The molecule has 0 bridgehead atoms. The van der Waals surface area contributed by atoms with Crippen LogP contribution in [0.3, 0.4) is 0 Å². The van der Waals surface area contributed by atoms with Gasteiger partial charge in [-0.3, -0.25) is 4.79 Å². The molecule has 0 aliphatic carbocycles. The van der Waals surface area contributed by atoms with Gasteiger partial charge in [0.2, 0.25) is 0 Å². The van der Waals surface area contributed by atoms with Crippen LogP contribution in [0.5, 0.6) is 0 Å². The molecular weight excluding hydrogens is 324 g/mol. The van der Waals surface area contributed by atoms with Crippen LogP contribution in [0.1, 0.15) is 38.7 Å². The zero-order valence-electron chi connectivity index (χ0n) is 14.0. The van der Waals surface area contributed by atoms with Gasteiger partial charge in [0.1, 0.15) is 0 Å². The van der Waals surface area contributed by atoms with Gasteiger partial charge in [-0.05, 0) is 44.9 Å². The normalized spacial score (nSPS) is 10.8. The van der Waals surface area contributed by atoms with Gasteiger partial charge in [-0.1, -0.05) is 17.3 Å². The van der Waals surface area contributed by atoms with Crippen LogP contribution in [0, 0.1) is 27.7 Å². The van der Waals surface area contributed by atoms with Crippen LogP contribution < -0.4 is 5.32 Å². The van der Waals surface area contributed by atoms with E-state index in [0.29, 0.717) is 17.9 Å². The predicted molar refractivity (Wildman–Crippen MR) is 92.4 cm³/mol. The highest BCUT2D eigenvalue weighted by atomic mass is 32.1. The Morgan fingerprint density at radius 3 is 2.71 bits per heavy atom. The second kappa shape index (κ2) is 6.48. The third-order valence-electron chi connectivity index (χ3n) is 3.88. The fourth-order valence-corrected chi connectivity index (χ4v) is 2.86. The number of nitrogens with one attached hydrogen (secondary N) is 1. The fraction of sp³-hybridized carbons (Fsp3) is 0.312. The highest BCUT2D eigenvalue weighted by Gasteiger charge is 2.18. The number of hydrogen-bond acceptors (Lipinski definition) is 6. The maximum absolute atomic E-state index is 12.5. The molecular formula is C16H18N6OS. The van der Waals surface area contributed by atoms with Gasteiger partial charge in [0.05, 0.1) is 35.4 Å². The SMILES string of the molecule is Cc1ccc(C)c(NC(=O)c2nnn(Cc3nsnc3C)c2C)c1. The summed E-state index contributed by atoms with van der Waals surface area (Å²) < 4.78 is 10.1. The lowest BCUT2D eigenvalue weighted by Crippen LogP contribution is -2.15. The second-order valence-corrected chi connectivity index (χ2v) is 6.28. The van der Waals surface area contributed by atoms with E-state index >= 15 is 0 Å². The number of benzene rings is 1. The molecule has 0 saturated carbocycles. The monoisotopic (exact) mass is 342 g/mol. The first-order chi connectivity index (χ1) is 11.5. The Morgan fingerprint density at radius 1 is 1.21 bits per heavy atom. The number of carbonyl (C=O) groups is 1. The van der Waals surface area contributed by atoms with Crippen molar-refractivity contribution in [3.8, 4) is 0 Å². The zero-order valence-corrected chi connectivity index (χ0v) is 14.8. The van der Waals surface area contributed by atoms with E-state index in [1.54, 1.807) is 4.68 Å². The minimum absolute atomic E-state index is 0.263. The van der Waals surface area contributed by atoms with Crippen molar-refractivity contribution in [3.63, 3.8) is 0 Å². The molecule has 3 rings (SSSR count). The second-order valence-electron chi connectivity index (χ2n) is 5.75. The van der Waals surface area contributed by atoms with Crippen LogP contribution in [0.4, 0.5) is 5.69 Å². The van der Waals surface area contributed by atoms with E-state index in [2.05, 4.69) is 24.4 Å². The van der Waals surface area contributed by atoms with Crippen molar-refractivity contribution in [1.82, 2.24) is 23.7 Å². The molecule has 1 N–H and O–H groups in total. The lowest BCUT2D eigenvalue weighted by Gasteiger charge is -2.08. The Kier molecular flexibility index (Phi) is 4.39. The molecule has 1 amide bonds. The molecule has 124 valence electrons. The van der Waals surface area contributed by atoms with Crippen molar-refractivity contribution in [2.24, 2.45) is 0 Å². The summed E-state index contributed by atoms with van der Waals surface area (Å²) in [5, 5.41) is 11.0. The Morgan fingerprint density at radius 2 is 2.00 bits per heavy atom. The number of aryl methyl sites for hydroxylation is 3. The van der Waals surface area contributed by atoms with Crippen LogP contribution in [-0.2, 0) is 6.54 Å². The van der Waals surface area contributed by atoms with Gasteiger partial charge in [0, 0.05) is 5.69 Å². The first kappa shape index (κ1) is 16.3. The third kappa shape index (κ3) is 3.18. The summed E-state index contributed by atoms with van der Waals surface area (Å²) in [5.41, 5.74) is 5.60. The molecule has 0 saturated heterocycles. The summed E-state index contributed by atoms with van der Waals surface area (Å²) in [6.07, 6.45) is 0. The molecule has 2 aromatic heterocycles. The topological polar surface area (TPSA) is 85.6 Å². The smallest absolute Gasteiger partial charge is 0.278 e. The van der Waals surface area contributed by atoms with Crippen molar-refractivity contribution in [1.29, 1.82) is 0 Å². The van der Waals surface area contributed by atoms with E-state index in [0.717, 1.165) is 28.2 Å². The maximum atomic E-state index is 12.5. The largest absolute Gasteiger partial charge is 0.320 e. The number of nitrogens with zero attached hydrogens (tertiary/aromatic N) is 5. The minimum Gasteiger partial charge on any atom is -0.320 e. The zero-order chi connectivity index (χ0) is 17.3. The van der Waals surface area contributed by atoms with Crippen molar-refractivity contribution < 1.29 is 4.79 Å². The highest BCUT2D eigenvalue weighted by molar-refractivity contribution is 6.99. The molecule has 1 aromatic carbocycles. The lowest BCUT2D eigenvalue weighted by molar-refractivity contribution is 0.102. The summed E-state index contributed by atoms with van der Waals surface area (Å²) in [4.78, 5) is 12.5. The van der Waals surface area contributed by atoms with Crippen LogP contribution in [0.15, 0.2) is 18.2 Å². The summed E-state index contributed by atoms with van der Waals surface area (Å²) in [7, 11) is 0. The molecule has 0 aliphatic rings. The van der Waals surface area contributed by atoms with E-state index in [9.17, 15) is 4.79 Å². The van der Waals surface area contributed by atoms with Gasteiger partial charge in [0.15, 0.2) is 5.69 Å². The molecule has 0 fully saturated rings. The van der Waals surface area contributed by atoms with Gasteiger partial charge in [-0.15, -0.1) is 5.10 Å². The Labute approximate surface area is 144 Å². The van der Waals surface area contributed by atoms with E-state index in [-0.39, 0.29) is 5.91 Å². The van der Waals surface area contributed by atoms with E-state index in [4.69, 9.17) is 0 Å². The third-order valence-corrected chi connectivity index (χ3v) is 4.54. The first-order valence-electron chi connectivity index (χ1n) is 7.52. The highest BCUT2D eigenvalue weighted by Crippen LogP contribution is 2.18. The van der Waals surface area contributed by atoms with Gasteiger partial charge >= 0.3 is 0 Å².